The lowest BCUT2D eigenvalue weighted by atomic mass is 9.68. The Morgan fingerprint density at radius 3 is 2.45 bits per heavy atom. The highest BCUT2D eigenvalue weighted by atomic mass is 16.5. The lowest BCUT2D eigenvalue weighted by Gasteiger charge is -2.42. The number of carbonyl (C=O) groups is 3. The molecule has 0 bridgehead atoms. The summed E-state index contributed by atoms with van der Waals surface area (Å²) in [4.78, 5) is 39.9. The Morgan fingerprint density at radius 1 is 1.12 bits per heavy atom. The van der Waals surface area contributed by atoms with Crippen LogP contribution < -0.4 is 10.5 Å². The average molecular weight is 585 g/mol. The first kappa shape index (κ1) is 31.6. The Hall–Kier alpha value is -3.35. The fraction of sp³-hybridized carbons (Fsp3) is 0.516. The number of nitrogens with zero attached hydrogens (tertiary/aromatic N) is 1. The number of ketones is 2. The standard InChI is InChI=1S/C31H40N2O9/c1-42-27-7-4-19(16-33-9-2-3-10-33)12-21(27)20-5-6-24(36)29-22(20)14-30(40,15-26(29)38)18-31(41,8-11-34)23(17-35)25(37)13-28(32)39/h4-7,12,23,34-36,40-41H,2-3,8-11,13-18H2,1H3,(H2,32,39). The summed E-state index contributed by atoms with van der Waals surface area (Å²) < 4.78 is 5.65. The first-order valence-corrected chi connectivity index (χ1v) is 14.2. The van der Waals surface area contributed by atoms with E-state index in [1.54, 1.807) is 6.07 Å². The third-order valence-corrected chi connectivity index (χ3v) is 8.47. The molecule has 2 aromatic carbocycles. The van der Waals surface area contributed by atoms with Gasteiger partial charge in [-0.3, -0.25) is 19.3 Å². The van der Waals surface area contributed by atoms with Gasteiger partial charge in [-0.05, 0) is 60.8 Å². The van der Waals surface area contributed by atoms with Gasteiger partial charge in [0.15, 0.2) is 5.78 Å². The van der Waals surface area contributed by atoms with Gasteiger partial charge >= 0.3 is 0 Å². The maximum Gasteiger partial charge on any atom is 0.224 e. The average Bonchev–Trinajstić information content (AvgIpc) is 3.41. The van der Waals surface area contributed by atoms with Crippen molar-refractivity contribution in [2.24, 2.45) is 11.7 Å². The van der Waals surface area contributed by atoms with E-state index in [0.29, 0.717) is 22.4 Å². The van der Waals surface area contributed by atoms with Gasteiger partial charge in [-0.2, -0.15) is 0 Å². The predicted molar refractivity (Wildman–Crippen MR) is 153 cm³/mol. The molecule has 0 spiro atoms. The highest BCUT2D eigenvalue weighted by Crippen LogP contribution is 2.45. The summed E-state index contributed by atoms with van der Waals surface area (Å²) in [6, 6.07) is 8.86. The van der Waals surface area contributed by atoms with E-state index in [9.17, 15) is 39.9 Å². The van der Waals surface area contributed by atoms with Crippen LogP contribution in [0.15, 0.2) is 30.3 Å². The maximum absolute atomic E-state index is 13.5. The van der Waals surface area contributed by atoms with E-state index >= 15 is 0 Å². The lowest BCUT2D eigenvalue weighted by molar-refractivity contribution is -0.148. The number of phenols is 1. The summed E-state index contributed by atoms with van der Waals surface area (Å²) in [5.41, 5.74) is 3.72. The topological polar surface area (TPSA) is 191 Å². The Morgan fingerprint density at radius 2 is 1.83 bits per heavy atom. The molecule has 1 amide bonds. The molecule has 1 aliphatic carbocycles. The van der Waals surface area contributed by atoms with E-state index in [1.165, 1.54) is 13.2 Å². The fourth-order valence-corrected chi connectivity index (χ4v) is 6.56. The van der Waals surface area contributed by atoms with E-state index in [-0.39, 0.29) is 17.7 Å². The van der Waals surface area contributed by atoms with Crippen LogP contribution in [0, 0.1) is 5.92 Å². The Kier molecular flexibility index (Phi) is 9.69. The molecule has 1 saturated heterocycles. The fourth-order valence-electron chi connectivity index (χ4n) is 6.56. The molecular formula is C31H40N2O9. The second-order valence-electron chi connectivity index (χ2n) is 11.6. The number of methoxy groups -OCH3 is 1. The van der Waals surface area contributed by atoms with Gasteiger partial charge in [0.2, 0.25) is 5.91 Å². The van der Waals surface area contributed by atoms with Crippen LogP contribution in [0.25, 0.3) is 11.1 Å². The van der Waals surface area contributed by atoms with Gasteiger partial charge in [0.1, 0.15) is 17.3 Å². The summed E-state index contributed by atoms with van der Waals surface area (Å²) in [5, 5.41) is 53.8. The SMILES string of the molecule is COc1ccc(CN2CCCC2)cc1-c1ccc(O)c2c1CC(O)(CC(O)(CCO)C(CO)C(=O)CC(N)=O)CC2=O. The van der Waals surface area contributed by atoms with Gasteiger partial charge in [-0.1, -0.05) is 12.1 Å². The number of nitrogens with two attached hydrogens (primary N) is 1. The summed E-state index contributed by atoms with van der Waals surface area (Å²) in [7, 11) is 1.53. The number of aliphatic hydroxyl groups excluding tert-OH is 2. The van der Waals surface area contributed by atoms with Crippen molar-refractivity contribution in [2.75, 3.05) is 33.4 Å². The second-order valence-corrected chi connectivity index (χ2v) is 11.6. The molecule has 2 aromatic rings. The van der Waals surface area contributed by atoms with Gasteiger partial charge < -0.3 is 36.0 Å². The molecule has 3 atom stereocenters. The number of primary amides is 1. The third-order valence-electron chi connectivity index (χ3n) is 8.47. The highest BCUT2D eigenvalue weighted by molar-refractivity contribution is 6.04. The van der Waals surface area contributed by atoms with Gasteiger partial charge in [0.25, 0.3) is 0 Å². The number of aromatic hydroxyl groups is 1. The molecule has 0 radical (unpaired) electrons. The minimum Gasteiger partial charge on any atom is -0.507 e. The number of hydrogen-bond acceptors (Lipinski definition) is 10. The van der Waals surface area contributed by atoms with Crippen molar-refractivity contribution in [1.29, 1.82) is 0 Å². The largest absolute Gasteiger partial charge is 0.507 e. The number of phenolic OH excluding ortho intramolecular Hbond substituents is 1. The van der Waals surface area contributed by atoms with Gasteiger partial charge in [-0.15, -0.1) is 0 Å². The van der Waals surface area contributed by atoms with Crippen molar-refractivity contribution in [3.8, 4) is 22.6 Å². The number of hydrogen-bond donors (Lipinski definition) is 6. The quantitative estimate of drug-likeness (QED) is 0.186. The minimum atomic E-state index is -2.16. The van der Waals surface area contributed by atoms with Crippen LogP contribution >= 0.6 is 0 Å². The normalized spacial score (nSPS) is 21.0. The molecule has 0 saturated carbocycles. The van der Waals surface area contributed by atoms with Gasteiger partial charge in [0, 0.05) is 44.4 Å². The first-order valence-electron chi connectivity index (χ1n) is 14.2. The van der Waals surface area contributed by atoms with Crippen molar-refractivity contribution in [3.05, 3.63) is 47.0 Å². The number of benzene rings is 2. The zero-order valence-electron chi connectivity index (χ0n) is 23.8. The zero-order chi connectivity index (χ0) is 30.7. The Balaban J connectivity index is 1.75. The summed E-state index contributed by atoms with van der Waals surface area (Å²) in [6.07, 6.45) is -0.114. The molecule has 7 N–H and O–H groups in total. The Labute approximate surface area is 244 Å². The second kappa shape index (κ2) is 12.9. The summed E-state index contributed by atoms with van der Waals surface area (Å²) >= 11 is 0. The maximum atomic E-state index is 13.5. The van der Waals surface area contributed by atoms with E-state index < -0.39 is 73.5 Å². The number of carbonyl (C=O) groups excluding carboxylic acids is 3. The zero-order valence-corrected chi connectivity index (χ0v) is 23.8. The number of likely N-dealkylation sites (tertiary alicyclic amines) is 1. The van der Waals surface area contributed by atoms with Gasteiger partial charge in [0.05, 0.1) is 42.8 Å². The van der Waals surface area contributed by atoms with Crippen LogP contribution in [-0.4, -0.2) is 92.5 Å². The number of fused-ring (bicyclic) bond motifs is 1. The molecular weight excluding hydrogens is 544 g/mol. The molecule has 42 heavy (non-hydrogen) atoms. The number of aliphatic hydroxyl groups is 4. The molecule has 228 valence electrons. The smallest absolute Gasteiger partial charge is 0.224 e. The van der Waals surface area contributed by atoms with Crippen molar-refractivity contribution >= 4 is 17.5 Å². The molecule has 4 rings (SSSR count). The van der Waals surface area contributed by atoms with Crippen molar-refractivity contribution in [1.82, 2.24) is 4.90 Å². The molecule has 3 unspecified atom stereocenters. The van der Waals surface area contributed by atoms with E-state index in [1.807, 2.05) is 18.2 Å². The van der Waals surface area contributed by atoms with E-state index in [0.717, 1.165) is 38.0 Å². The monoisotopic (exact) mass is 584 g/mol. The number of Topliss-reactive ketones (excluding diaryl/α,β-unsaturated/α-hetero) is 2. The van der Waals surface area contributed by atoms with Gasteiger partial charge in [-0.25, -0.2) is 0 Å². The molecule has 1 heterocycles. The highest BCUT2D eigenvalue weighted by Gasteiger charge is 2.49. The molecule has 0 aromatic heterocycles. The number of ether oxygens (including phenoxy) is 1. The third kappa shape index (κ3) is 6.66. The van der Waals surface area contributed by atoms with E-state index in [4.69, 9.17) is 10.5 Å². The molecule has 1 aliphatic heterocycles. The first-order chi connectivity index (χ1) is 19.9. The van der Waals surface area contributed by atoms with Crippen LogP contribution in [0.5, 0.6) is 11.5 Å². The van der Waals surface area contributed by atoms with E-state index in [2.05, 4.69) is 4.90 Å². The predicted octanol–water partition coefficient (Wildman–Crippen LogP) is 1.08. The van der Waals surface area contributed by atoms with Crippen LogP contribution in [0.1, 0.15) is 60.0 Å². The van der Waals surface area contributed by atoms with Crippen LogP contribution in [0.4, 0.5) is 0 Å². The Bertz CT molecular complexity index is 1340. The lowest BCUT2D eigenvalue weighted by Crippen LogP contribution is -2.53. The molecule has 11 nitrogen and oxygen atoms in total. The van der Waals surface area contributed by atoms with Crippen LogP contribution in [0.3, 0.4) is 0 Å². The molecule has 1 fully saturated rings. The van der Waals surface area contributed by atoms with Crippen LogP contribution in [-0.2, 0) is 22.6 Å². The number of rotatable bonds is 13. The molecule has 11 heteroatoms. The minimum absolute atomic E-state index is 0.0541. The summed E-state index contributed by atoms with van der Waals surface area (Å²) in [5.74, 6) is -3.62. The van der Waals surface area contributed by atoms with Crippen molar-refractivity contribution < 1.29 is 44.7 Å². The van der Waals surface area contributed by atoms with Crippen molar-refractivity contribution in [3.63, 3.8) is 0 Å². The summed E-state index contributed by atoms with van der Waals surface area (Å²) in [6.45, 7) is 1.28. The molecule has 2 aliphatic rings. The van der Waals surface area contributed by atoms with Crippen molar-refractivity contribution in [2.45, 2.75) is 62.7 Å². The van der Waals surface area contributed by atoms with Crippen LogP contribution in [0.2, 0.25) is 0 Å². The number of amides is 1.